The predicted octanol–water partition coefficient (Wildman–Crippen LogP) is 2.35. The highest BCUT2D eigenvalue weighted by Gasteiger charge is 2.20. The lowest BCUT2D eigenvalue weighted by Crippen LogP contribution is -2.37. The number of carbonyl (C=O) groups is 1. The van der Waals surface area contributed by atoms with E-state index in [1.54, 1.807) is 0 Å². The Labute approximate surface area is 104 Å². The van der Waals surface area contributed by atoms with Gasteiger partial charge in [-0.05, 0) is 5.92 Å². The summed E-state index contributed by atoms with van der Waals surface area (Å²) in [7, 11) is 0. The minimum atomic E-state index is 0.0756. The molecule has 1 heterocycles. The van der Waals surface area contributed by atoms with Crippen molar-refractivity contribution in [2.75, 3.05) is 13.1 Å². The maximum Gasteiger partial charge on any atom is 0.223 e. The zero-order valence-electron chi connectivity index (χ0n) is 10.7. The first kappa shape index (κ1) is 13.6. The van der Waals surface area contributed by atoms with E-state index in [2.05, 4.69) is 32.3 Å². The van der Waals surface area contributed by atoms with Gasteiger partial charge in [-0.25, -0.2) is 0 Å². The van der Waals surface area contributed by atoms with Gasteiger partial charge in [0.05, 0.1) is 5.76 Å². The molecule has 0 radical (unpaired) electrons. The number of allylic oxidation sites excluding steroid dienone is 1. The summed E-state index contributed by atoms with van der Waals surface area (Å²) < 4.78 is 0. The Bertz CT molecular complexity index is 351. The van der Waals surface area contributed by atoms with Crippen molar-refractivity contribution >= 4 is 5.91 Å². The minimum Gasteiger partial charge on any atom is -0.513 e. The lowest BCUT2D eigenvalue weighted by atomic mass is 9.94. The van der Waals surface area contributed by atoms with Crippen LogP contribution < -0.4 is 0 Å². The van der Waals surface area contributed by atoms with Crippen LogP contribution in [0.15, 0.2) is 12.3 Å². The Morgan fingerprint density at radius 2 is 2.18 bits per heavy atom. The van der Waals surface area contributed by atoms with Gasteiger partial charge < -0.3 is 10.0 Å². The van der Waals surface area contributed by atoms with E-state index in [0.29, 0.717) is 31.2 Å². The molecule has 3 nitrogen and oxygen atoms in total. The maximum absolute atomic E-state index is 11.9. The van der Waals surface area contributed by atoms with Crippen LogP contribution in [-0.4, -0.2) is 29.0 Å². The average Bonchev–Trinajstić information content (AvgIpc) is 2.27. The number of hydrogen-bond donors (Lipinski definition) is 1. The number of carbonyl (C=O) groups excluding carboxylic acids is 1. The molecule has 17 heavy (non-hydrogen) atoms. The molecule has 0 aromatic carbocycles. The lowest BCUT2D eigenvalue weighted by molar-refractivity contribution is -0.132. The molecule has 0 aromatic heterocycles. The van der Waals surface area contributed by atoms with E-state index < -0.39 is 0 Å². The first-order valence-electron chi connectivity index (χ1n) is 6.13. The van der Waals surface area contributed by atoms with Crippen molar-refractivity contribution in [3.8, 4) is 11.8 Å². The first-order chi connectivity index (χ1) is 8.00. The molecule has 2 atom stereocenters. The van der Waals surface area contributed by atoms with Gasteiger partial charge in [-0.1, -0.05) is 26.3 Å². The molecule has 0 fully saturated rings. The van der Waals surface area contributed by atoms with Crippen LogP contribution in [-0.2, 0) is 4.79 Å². The van der Waals surface area contributed by atoms with Crippen LogP contribution in [0.4, 0.5) is 0 Å². The molecule has 94 valence electrons. The monoisotopic (exact) mass is 235 g/mol. The zero-order chi connectivity index (χ0) is 12.8. The molecule has 0 saturated heterocycles. The number of rotatable bonds is 3. The van der Waals surface area contributed by atoms with Crippen molar-refractivity contribution in [1.29, 1.82) is 0 Å². The molecule has 3 heteroatoms. The van der Waals surface area contributed by atoms with Crippen molar-refractivity contribution in [2.24, 2.45) is 11.8 Å². The number of nitrogens with zero attached hydrogens (tertiary/aromatic N) is 1. The second kappa shape index (κ2) is 6.34. The van der Waals surface area contributed by atoms with Gasteiger partial charge in [-0.15, -0.1) is 5.92 Å². The van der Waals surface area contributed by atoms with E-state index in [-0.39, 0.29) is 11.7 Å². The first-order valence-corrected chi connectivity index (χ1v) is 6.13. The molecule has 1 rings (SSSR count). The largest absolute Gasteiger partial charge is 0.513 e. The zero-order valence-corrected chi connectivity index (χ0v) is 10.7. The molecule has 0 aliphatic carbocycles. The topological polar surface area (TPSA) is 40.5 Å². The number of aliphatic hydroxyl groups excluding tert-OH is 1. The average molecular weight is 235 g/mol. The fourth-order valence-electron chi connectivity index (χ4n) is 1.80. The quantitative estimate of drug-likeness (QED) is 0.602. The van der Waals surface area contributed by atoms with E-state index in [1.807, 2.05) is 4.90 Å². The summed E-state index contributed by atoms with van der Waals surface area (Å²) in [5, 5.41) is 9.01. The fourth-order valence-corrected chi connectivity index (χ4v) is 1.80. The molecule has 1 N–H and O–H groups in total. The van der Waals surface area contributed by atoms with Gasteiger partial charge in [0, 0.05) is 38.3 Å². The van der Waals surface area contributed by atoms with Crippen molar-refractivity contribution in [2.45, 2.75) is 33.1 Å². The molecule has 1 aliphatic heterocycles. The Balaban J connectivity index is 2.56. The van der Waals surface area contributed by atoms with Crippen LogP contribution in [0.3, 0.4) is 0 Å². The van der Waals surface area contributed by atoms with Crippen molar-refractivity contribution < 1.29 is 9.90 Å². The van der Waals surface area contributed by atoms with E-state index in [4.69, 9.17) is 5.11 Å². The van der Waals surface area contributed by atoms with Crippen molar-refractivity contribution in [1.82, 2.24) is 4.90 Å². The Hall–Kier alpha value is -1.43. The van der Waals surface area contributed by atoms with Crippen LogP contribution >= 0.6 is 0 Å². The number of amides is 1. The molecule has 0 unspecified atom stereocenters. The van der Waals surface area contributed by atoms with Crippen molar-refractivity contribution in [3.05, 3.63) is 12.3 Å². The lowest BCUT2D eigenvalue weighted by Gasteiger charge is -2.28. The van der Waals surface area contributed by atoms with Gasteiger partial charge in [0.15, 0.2) is 0 Å². The second-order valence-electron chi connectivity index (χ2n) is 4.74. The summed E-state index contributed by atoms with van der Waals surface area (Å²) in [6, 6.07) is 0. The molecule has 0 aromatic rings. The molecule has 1 amide bonds. The SMILES string of the molecule is C=C(O)CCC(=O)N1CCC#C[C@H](C)[C@@H](C)C1. The van der Waals surface area contributed by atoms with Crippen LogP contribution in [0.5, 0.6) is 0 Å². The highest BCUT2D eigenvalue weighted by molar-refractivity contribution is 5.76. The molecule has 1 aliphatic rings. The second-order valence-corrected chi connectivity index (χ2v) is 4.74. The third-order valence-corrected chi connectivity index (χ3v) is 3.18. The molecular formula is C14H21NO2. The van der Waals surface area contributed by atoms with E-state index in [1.165, 1.54) is 0 Å². The summed E-state index contributed by atoms with van der Waals surface area (Å²) in [5.74, 6) is 7.19. The Morgan fingerprint density at radius 1 is 1.47 bits per heavy atom. The normalized spacial score (nSPS) is 24.2. The van der Waals surface area contributed by atoms with Gasteiger partial charge in [-0.3, -0.25) is 4.79 Å². The van der Waals surface area contributed by atoms with Crippen molar-refractivity contribution in [3.63, 3.8) is 0 Å². The Morgan fingerprint density at radius 3 is 2.82 bits per heavy atom. The predicted molar refractivity (Wildman–Crippen MR) is 68.3 cm³/mol. The third kappa shape index (κ3) is 4.52. The minimum absolute atomic E-state index is 0.0756. The fraction of sp³-hybridized carbons (Fsp3) is 0.643. The van der Waals surface area contributed by atoms with E-state index in [9.17, 15) is 4.79 Å². The van der Waals surface area contributed by atoms with Gasteiger partial charge in [0.1, 0.15) is 0 Å². The Kier molecular flexibility index (Phi) is 5.09. The maximum atomic E-state index is 11.9. The highest BCUT2D eigenvalue weighted by atomic mass is 16.3. The van der Waals surface area contributed by atoms with Crippen LogP contribution in [0.1, 0.15) is 33.1 Å². The molecule has 0 bridgehead atoms. The summed E-state index contributed by atoms with van der Waals surface area (Å²) in [6.45, 7) is 9.07. The van der Waals surface area contributed by atoms with E-state index >= 15 is 0 Å². The van der Waals surface area contributed by atoms with E-state index in [0.717, 1.165) is 13.0 Å². The number of aliphatic hydroxyl groups is 1. The van der Waals surface area contributed by atoms with Gasteiger partial charge in [0.2, 0.25) is 5.91 Å². The summed E-state index contributed by atoms with van der Waals surface area (Å²) >= 11 is 0. The molecular weight excluding hydrogens is 214 g/mol. The molecule has 0 spiro atoms. The highest BCUT2D eigenvalue weighted by Crippen LogP contribution is 2.15. The van der Waals surface area contributed by atoms with Gasteiger partial charge >= 0.3 is 0 Å². The smallest absolute Gasteiger partial charge is 0.223 e. The summed E-state index contributed by atoms with van der Waals surface area (Å²) in [5.41, 5.74) is 0. The van der Waals surface area contributed by atoms with Crippen LogP contribution in [0.25, 0.3) is 0 Å². The number of hydrogen-bond acceptors (Lipinski definition) is 2. The van der Waals surface area contributed by atoms with Crippen LogP contribution in [0, 0.1) is 23.7 Å². The summed E-state index contributed by atoms with van der Waals surface area (Å²) in [6.07, 6.45) is 1.43. The molecule has 0 saturated carbocycles. The van der Waals surface area contributed by atoms with Gasteiger partial charge in [-0.2, -0.15) is 0 Å². The van der Waals surface area contributed by atoms with Gasteiger partial charge in [0.25, 0.3) is 0 Å². The third-order valence-electron chi connectivity index (χ3n) is 3.18. The summed E-state index contributed by atoms with van der Waals surface area (Å²) in [4.78, 5) is 13.8. The van der Waals surface area contributed by atoms with Crippen LogP contribution in [0.2, 0.25) is 0 Å². The standard InChI is InChI=1S/C14H21NO2/c1-11-6-4-5-9-15(10-12(11)2)14(17)8-7-13(3)16/h11-12,16H,3,5,7-10H2,1-2H3/t11-,12-/m0/s1.